The number of carbonyl (C=O) groups is 2. The summed E-state index contributed by atoms with van der Waals surface area (Å²) in [7, 11) is 3.03. The first-order valence-corrected chi connectivity index (χ1v) is 11.2. The number of amides is 2. The van der Waals surface area contributed by atoms with E-state index in [-0.39, 0.29) is 24.5 Å². The number of carbonyl (C=O) groups excluding carboxylic acids is 2. The minimum absolute atomic E-state index is 0.0233. The maximum atomic E-state index is 13.1. The number of hydrogen-bond acceptors (Lipinski definition) is 4. The molecule has 1 aliphatic carbocycles. The summed E-state index contributed by atoms with van der Waals surface area (Å²) >= 11 is 0. The van der Waals surface area contributed by atoms with Crippen molar-refractivity contribution in [3.05, 3.63) is 89.0 Å². The molecule has 1 aliphatic heterocycles. The summed E-state index contributed by atoms with van der Waals surface area (Å²) in [5, 5.41) is 1.19. The second-order valence-corrected chi connectivity index (χ2v) is 8.39. The largest absolute Gasteiger partial charge is 0.448 e. The SMILES string of the molecule is CON(C)C(=O)c1ccc2c(c1)CCCN2C(=O)OCC1c2ccccc2-c2ccccc21. The molecule has 0 radical (unpaired) electrons. The van der Waals surface area contributed by atoms with Gasteiger partial charge in [-0.15, -0.1) is 0 Å². The Morgan fingerprint density at radius 2 is 1.67 bits per heavy atom. The Bertz CT molecular complexity index is 1180. The number of benzene rings is 3. The highest BCUT2D eigenvalue weighted by molar-refractivity contribution is 5.96. The van der Waals surface area contributed by atoms with Gasteiger partial charge < -0.3 is 4.74 Å². The second-order valence-electron chi connectivity index (χ2n) is 8.39. The van der Waals surface area contributed by atoms with Crippen LogP contribution < -0.4 is 4.90 Å². The van der Waals surface area contributed by atoms with Gasteiger partial charge in [-0.1, -0.05) is 48.5 Å². The van der Waals surface area contributed by atoms with Gasteiger partial charge in [-0.25, -0.2) is 9.86 Å². The molecule has 6 heteroatoms. The zero-order chi connectivity index (χ0) is 22.9. The summed E-state index contributed by atoms with van der Waals surface area (Å²) in [5.74, 6) is -0.200. The minimum atomic E-state index is -0.356. The normalized spacial score (nSPS) is 14.3. The van der Waals surface area contributed by atoms with Crippen LogP contribution in [-0.2, 0) is 16.0 Å². The van der Waals surface area contributed by atoms with E-state index in [0.29, 0.717) is 12.1 Å². The van der Waals surface area contributed by atoms with Crippen LogP contribution in [-0.4, -0.2) is 44.4 Å². The molecule has 3 aromatic carbocycles. The van der Waals surface area contributed by atoms with E-state index in [1.165, 1.54) is 34.4 Å². The zero-order valence-corrected chi connectivity index (χ0v) is 18.8. The average Bonchev–Trinajstić information content (AvgIpc) is 3.19. The third kappa shape index (κ3) is 3.76. The summed E-state index contributed by atoms with van der Waals surface area (Å²) in [6.07, 6.45) is 1.26. The molecule has 0 saturated heterocycles. The van der Waals surface area contributed by atoms with E-state index in [1.54, 1.807) is 18.0 Å². The maximum Gasteiger partial charge on any atom is 0.414 e. The Morgan fingerprint density at radius 1 is 1.00 bits per heavy atom. The summed E-state index contributed by atoms with van der Waals surface area (Å²) in [6, 6.07) is 22.0. The average molecular weight is 443 g/mol. The smallest absolute Gasteiger partial charge is 0.414 e. The van der Waals surface area contributed by atoms with Gasteiger partial charge in [0.1, 0.15) is 6.61 Å². The van der Waals surface area contributed by atoms with Crippen LogP contribution in [0.25, 0.3) is 11.1 Å². The Balaban J connectivity index is 1.34. The van der Waals surface area contributed by atoms with Crippen molar-refractivity contribution in [1.82, 2.24) is 5.06 Å². The molecule has 6 nitrogen and oxygen atoms in total. The molecule has 0 fully saturated rings. The molecular formula is C27H26N2O4. The third-order valence-corrected chi connectivity index (χ3v) is 6.56. The first-order chi connectivity index (χ1) is 16.1. The number of fused-ring (bicyclic) bond motifs is 4. The molecule has 0 bridgehead atoms. The van der Waals surface area contributed by atoms with Crippen LogP contribution in [0.5, 0.6) is 0 Å². The summed E-state index contributed by atoms with van der Waals surface area (Å²) in [5.41, 5.74) is 7.09. The lowest BCUT2D eigenvalue weighted by molar-refractivity contribution is -0.0757. The van der Waals surface area contributed by atoms with Crippen LogP contribution in [0, 0.1) is 0 Å². The highest BCUT2D eigenvalue weighted by Crippen LogP contribution is 2.44. The quantitative estimate of drug-likeness (QED) is 0.532. The van der Waals surface area contributed by atoms with E-state index < -0.39 is 0 Å². The molecule has 0 atom stereocenters. The molecule has 33 heavy (non-hydrogen) atoms. The second kappa shape index (κ2) is 8.71. The van der Waals surface area contributed by atoms with Crippen molar-refractivity contribution in [2.24, 2.45) is 0 Å². The van der Waals surface area contributed by atoms with E-state index >= 15 is 0 Å². The molecule has 5 rings (SSSR count). The van der Waals surface area contributed by atoms with Gasteiger partial charge in [0.2, 0.25) is 0 Å². The number of rotatable bonds is 4. The van der Waals surface area contributed by atoms with Crippen molar-refractivity contribution in [2.45, 2.75) is 18.8 Å². The number of ether oxygens (including phenoxy) is 1. The molecule has 0 spiro atoms. The van der Waals surface area contributed by atoms with Crippen LogP contribution in [0.15, 0.2) is 66.7 Å². The van der Waals surface area contributed by atoms with Crippen LogP contribution >= 0.6 is 0 Å². The van der Waals surface area contributed by atoms with Gasteiger partial charge in [0, 0.05) is 25.1 Å². The van der Waals surface area contributed by atoms with Crippen molar-refractivity contribution in [3.63, 3.8) is 0 Å². The van der Waals surface area contributed by atoms with Crippen LogP contribution in [0.3, 0.4) is 0 Å². The van der Waals surface area contributed by atoms with Gasteiger partial charge in [-0.3, -0.25) is 14.5 Å². The fourth-order valence-corrected chi connectivity index (χ4v) is 4.86. The van der Waals surface area contributed by atoms with Crippen LogP contribution in [0.4, 0.5) is 10.5 Å². The predicted octanol–water partition coefficient (Wildman–Crippen LogP) is 5.02. The van der Waals surface area contributed by atoms with Gasteiger partial charge in [-0.2, -0.15) is 0 Å². The van der Waals surface area contributed by atoms with E-state index in [2.05, 4.69) is 24.3 Å². The van der Waals surface area contributed by atoms with Crippen molar-refractivity contribution < 1.29 is 19.2 Å². The number of hydroxylamine groups is 2. The van der Waals surface area contributed by atoms with Gasteiger partial charge in [-0.05, 0) is 58.9 Å². The molecule has 2 aliphatic rings. The molecule has 1 heterocycles. The Morgan fingerprint density at radius 3 is 2.33 bits per heavy atom. The van der Waals surface area contributed by atoms with E-state index in [0.717, 1.165) is 24.1 Å². The van der Waals surface area contributed by atoms with Gasteiger partial charge in [0.05, 0.1) is 12.8 Å². The maximum absolute atomic E-state index is 13.1. The highest BCUT2D eigenvalue weighted by atomic mass is 16.7. The molecule has 0 N–H and O–H groups in total. The standard InChI is InChI=1S/C27H26N2O4/c1-28(32-2)26(30)19-13-14-25-18(16-19)8-7-15-29(25)27(31)33-17-24-22-11-5-3-9-20(22)21-10-4-6-12-23(21)24/h3-6,9-14,16,24H,7-8,15,17H2,1-2H3. The number of nitrogens with zero attached hydrogens (tertiary/aromatic N) is 2. The van der Waals surface area contributed by atoms with Crippen molar-refractivity contribution in [3.8, 4) is 11.1 Å². The monoisotopic (exact) mass is 442 g/mol. The molecule has 2 amide bonds. The van der Waals surface area contributed by atoms with Crippen LogP contribution in [0.2, 0.25) is 0 Å². The highest BCUT2D eigenvalue weighted by Gasteiger charge is 2.31. The summed E-state index contributed by atoms with van der Waals surface area (Å²) in [4.78, 5) is 32.2. The minimum Gasteiger partial charge on any atom is -0.448 e. The van der Waals surface area contributed by atoms with Crippen LogP contribution in [0.1, 0.15) is 39.4 Å². The lowest BCUT2D eigenvalue weighted by Crippen LogP contribution is -2.37. The Hall–Kier alpha value is -3.64. The molecule has 0 unspecified atom stereocenters. The van der Waals surface area contributed by atoms with Crippen molar-refractivity contribution in [2.75, 3.05) is 32.2 Å². The zero-order valence-electron chi connectivity index (χ0n) is 18.8. The molecule has 168 valence electrons. The topological polar surface area (TPSA) is 59.1 Å². The lowest BCUT2D eigenvalue weighted by Gasteiger charge is -2.29. The fraction of sp³-hybridized carbons (Fsp3) is 0.259. The molecule has 0 saturated carbocycles. The Kier molecular flexibility index (Phi) is 5.60. The third-order valence-electron chi connectivity index (χ3n) is 6.56. The van der Waals surface area contributed by atoms with E-state index in [4.69, 9.17) is 9.57 Å². The van der Waals surface area contributed by atoms with E-state index in [1.807, 2.05) is 36.4 Å². The van der Waals surface area contributed by atoms with Gasteiger partial charge in [0.15, 0.2) is 0 Å². The predicted molar refractivity (Wildman–Crippen MR) is 126 cm³/mol. The lowest BCUT2D eigenvalue weighted by atomic mass is 9.98. The number of hydrogen-bond donors (Lipinski definition) is 0. The Labute approximate surface area is 193 Å². The molecule has 0 aromatic heterocycles. The first-order valence-electron chi connectivity index (χ1n) is 11.2. The molecule has 3 aromatic rings. The molecular weight excluding hydrogens is 416 g/mol. The number of anilines is 1. The van der Waals surface area contributed by atoms with Gasteiger partial charge in [0.25, 0.3) is 5.91 Å². The summed E-state index contributed by atoms with van der Waals surface area (Å²) in [6.45, 7) is 0.878. The van der Waals surface area contributed by atoms with Crippen molar-refractivity contribution in [1.29, 1.82) is 0 Å². The van der Waals surface area contributed by atoms with E-state index in [9.17, 15) is 9.59 Å². The fourth-order valence-electron chi connectivity index (χ4n) is 4.86. The van der Waals surface area contributed by atoms with Crippen molar-refractivity contribution >= 4 is 17.7 Å². The van der Waals surface area contributed by atoms with Gasteiger partial charge >= 0.3 is 6.09 Å². The number of aryl methyl sites for hydroxylation is 1. The first kappa shape index (κ1) is 21.2. The summed E-state index contributed by atoms with van der Waals surface area (Å²) < 4.78 is 5.86.